The number of nitrogens with zero attached hydrogens (tertiary/aromatic N) is 5. The van der Waals surface area contributed by atoms with Crippen LogP contribution in [-0.2, 0) is 0 Å². The summed E-state index contributed by atoms with van der Waals surface area (Å²) in [6, 6.07) is 12.2. The van der Waals surface area contributed by atoms with Crippen LogP contribution in [0.1, 0.15) is 61.5 Å². The number of nitriles is 1. The fraction of sp³-hybridized carbons (Fsp3) is 0.444. The van der Waals surface area contributed by atoms with Crippen LogP contribution in [0.3, 0.4) is 0 Å². The summed E-state index contributed by atoms with van der Waals surface area (Å²) in [5, 5.41) is 17.4. The summed E-state index contributed by atoms with van der Waals surface area (Å²) in [4.78, 5) is 29.1. The van der Waals surface area contributed by atoms with E-state index in [-0.39, 0.29) is 35.9 Å². The number of rotatable bonds is 5. The summed E-state index contributed by atoms with van der Waals surface area (Å²) in [5.74, 6) is 1.60. The highest BCUT2D eigenvalue weighted by Crippen LogP contribution is 2.37. The van der Waals surface area contributed by atoms with Crippen LogP contribution in [0.25, 0.3) is 10.9 Å². The van der Waals surface area contributed by atoms with Gasteiger partial charge in [0.15, 0.2) is 0 Å². The van der Waals surface area contributed by atoms with Gasteiger partial charge in [-0.05, 0) is 69.7 Å². The minimum Gasteiger partial charge on any atom is -0.367 e. The zero-order valence-electron chi connectivity index (χ0n) is 20.8. The summed E-state index contributed by atoms with van der Waals surface area (Å²) in [5.41, 5.74) is 8.20. The minimum atomic E-state index is -0.00192. The number of carbonyl (C=O) groups excluding carboxylic acids is 1. The Morgan fingerprint density at radius 2 is 1.92 bits per heavy atom. The SMILES string of the molecule is CC1CC(Nc2cc3ncccc3c(NC3C[C@H]4CCC[C@@H](C3)N4C(=O)c3ccnc(C#N)c3)n2)NN1. The first kappa shape index (κ1) is 23.6. The second-order valence-corrected chi connectivity index (χ2v) is 10.4. The van der Waals surface area contributed by atoms with Crippen molar-refractivity contribution in [1.29, 1.82) is 5.26 Å². The maximum atomic E-state index is 13.5. The van der Waals surface area contributed by atoms with Crippen LogP contribution in [0.2, 0.25) is 0 Å². The number of nitrogens with one attached hydrogen (secondary N) is 4. The Morgan fingerprint density at radius 1 is 1.08 bits per heavy atom. The van der Waals surface area contributed by atoms with E-state index in [1.165, 1.54) is 0 Å². The lowest BCUT2D eigenvalue weighted by molar-refractivity contribution is 0.0259. The Morgan fingerprint density at radius 3 is 2.68 bits per heavy atom. The lowest BCUT2D eigenvalue weighted by Crippen LogP contribution is -2.57. The number of hydrogen-bond donors (Lipinski definition) is 4. The number of hydrogen-bond acceptors (Lipinski definition) is 9. The minimum absolute atomic E-state index is 0.00192. The van der Waals surface area contributed by atoms with Crippen molar-refractivity contribution in [3.05, 3.63) is 54.0 Å². The standard InChI is InChI=1S/C27H31N9O/c1-16-10-25(35-34-16)32-24-14-23-22(6-3-8-30-23)26(33-24)31-18-12-20-4-2-5-21(13-18)36(20)27(37)17-7-9-29-19(11-17)15-28/h3,6-9,11,14,16,18,20-21,25,34-35H,2,4-5,10,12-13H2,1H3,(H2,31,32,33)/t16?,18?,20-,21+,25?. The average Bonchev–Trinajstić information content (AvgIpc) is 3.32. The van der Waals surface area contributed by atoms with Gasteiger partial charge < -0.3 is 15.5 Å². The topological polar surface area (TPSA) is 131 Å². The summed E-state index contributed by atoms with van der Waals surface area (Å²) in [6.07, 6.45) is 9.18. The Kier molecular flexibility index (Phi) is 6.32. The van der Waals surface area contributed by atoms with Gasteiger partial charge in [-0.15, -0.1) is 0 Å². The molecule has 0 saturated carbocycles. The molecule has 4 N–H and O–H groups in total. The van der Waals surface area contributed by atoms with Crippen molar-refractivity contribution in [1.82, 2.24) is 30.7 Å². The smallest absolute Gasteiger partial charge is 0.254 e. The predicted octanol–water partition coefficient (Wildman–Crippen LogP) is 3.16. The molecular weight excluding hydrogens is 466 g/mol. The van der Waals surface area contributed by atoms with E-state index in [4.69, 9.17) is 4.98 Å². The molecule has 37 heavy (non-hydrogen) atoms. The molecule has 0 aromatic carbocycles. The van der Waals surface area contributed by atoms with E-state index in [0.717, 1.165) is 61.1 Å². The number of pyridine rings is 3. The van der Waals surface area contributed by atoms with Crippen LogP contribution in [0, 0.1) is 11.3 Å². The quantitative estimate of drug-likeness (QED) is 0.420. The molecule has 3 saturated heterocycles. The van der Waals surface area contributed by atoms with Gasteiger partial charge in [-0.3, -0.25) is 15.2 Å². The zero-order valence-corrected chi connectivity index (χ0v) is 20.8. The van der Waals surface area contributed by atoms with Gasteiger partial charge in [0.25, 0.3) is 5.91 Å². The lowest BCUT2D eigenvalue weighted by atomic mass is 9.81. The van der Waals surface area contributed by atoms with Crippen LogP contribution in [0.5, 0.6) is 0 Å². The Balaban J connectivity index is 1.22. The molecule has 3 unspecified atom stereocenters. The van der Waals surface area contributed by atoms with Crippen molar-refractivity contribution < 1.29 is 4.79 Å². The van der Waals surface area contributed by atoms with Crippen LogP contribution >= 0.6 is 0 Å². The lowest BCUT2D eigenvalue weighted by Gasteiger charge is -2.49. The van der Waals surface area contributed by atoms with Gasteiger partial charge in [0.2, 0.25) is 0 Å². The average molecular weight is 498 g/mol. The van der Waals surface area contributed by atoms with Crippen LogP contribution < -0.4 is 21.5 Å². The Labute approximate surface area is 215 Å². The molecule has 6 heterocycles. The second kappa shape index (κ2) is 9.92. The van der Waals surface area contributed by atoms with Crippen molar-refractivity contribution in [3.63, 3.8) is 0 Å². The third-order valence-electron chi connectivity index (χ3n) is 7.69. The molecule has 3 aromatic rings. The summed E-state index contributed by atoms with van der Waals surface area (Å²) < 4.78 is 0. The van der Waals surface area contributed by atoms with Gasteiger partial charge in [0.1, 0.15) is 23.4 Å². The molecule has 10 heteroatoms. The molecule has 2 bridgehead atoms. The molecule has 190 valence electrons. The van der Waals surface area contributed by atoms with Crippen molar-refractivity contribution >= 4 is 28.4 Å². The summed E-state index contributed by atoms with van der Waals surface area (Å²) in [7, 11) is 0. The molecule has 3 fully saturated rings. The normalized spacial score (nSPS) is 27.0. The van der Waals surface area contributed by atoms with E-state index in [9.17, 15) is 10.1 Å². The number of anilines is 2. The third kappa shape index (κ3) is 4.80. The predicted molar refractivity (Wildman–Crippen MR) is 140 cm³/mol. The molecule has 3 aromatic heterocycles. The number of fused-ring (bicyclic) bond motifs is 3. The first-order valence-electron chi connectivity index (χ1n) is 13.1. The second-order valence-electron chi connectivity index (χ2n) is 10.4. The van der Waals surface area contributed by atoms with E-state index in [2.05, 4.69) is 49.3 Å². The number of amides is 1. The zero-order chi connectivity index (χ0) is 25.4. The fourth-order valence-electron chi connectivity index (χ4n) is 6.04. The number of piperidine rings is 2. The van der Waals surface area contributed by atoms with Crippen molar-refractivity contribution in [2.24, 2.45) is 0 Å². The molecular formula is C27H31N9O. The highest BCUT2D eigenvalue weighted by atomic mass is 16.2. The van der Waals surface area contributed by atoms with Gasteiger partial charge in [-0.25, -0.2) is 15.4 Å². The Bertz CT molecular complexity index is 1340. The molecule has 6 rings (SSSR count). The van der Waals surface area contributed by atoms with E-state index in [1.807, 2.05) is 18.2 Å². The van der Waals surface area contributed by atoms with Gasteiger partial charge in [0, 0.05) is 53.6 Å². The van der Waals surface area contributed by atoms with Crippen LogP contribution in [0.15, 0.2) is 42.7 Å². The highest BCUT2D eigenvalue weighted by molar-refractivity contribution is 5.95. The molecule has 3 aliphatic rings. The maximum absolute atomic E-state index is 13.5. The first-order valence-corrected chi connectivity index (χ1v) is 13.1. The molecule has 0 radical (unpaired) electrons. The van der Waals surface area contributed by atoms with E-state index < -0.39 is 0 Å². The van der Waals surface area contributed by atoms with E-state index in [1.54, 1.807) is 24.5 Å². The Hall–Kier alpha value is -3.81. The molecule has 3 aliphatic heterocycles. The van der Waals surface area contributed by atoms with Crippen molar-refractivity contribution in [2.75, 3.05) is 10.6 Å². The third-order valence-corrected chi connectivity index (χ3v) is 7.69. The summed E-state index contributed by atoms with van der Waals surface area (Å²) >= 11 is 0. The van der Waals surface area contributed by atoms with Gasteiger partial charge >= 0.3 is 0 Å². The van der Waals surface area contributed by atoms with Crippen molar-refractivity contribution in [3.8, 4) is 6.07 Å². The van der Waals surface area contributed by atoms with Crippen LogP contribution in [-0.4, -0.2) is 56.1 Å². The largest absolute Gasteiger partial charge is 0.367 e. The van der Waals surface area contributed by atoms with Crippen LogP contribution in [0.4, 0.5) is 11.6 Å². The number of carbonyl (C=O) groups is 1. The number of aromatic nitrogens is 3. The van der Waals surface area contributed by atoms with Gasteiger partial charge in [0.05, 0.1) is 11.7 Å². The molecule has 0 aliphatic carbocycles. The van der Waals surface area contributed by atoms with E-state index >= 15 is 0 Å². The first-order chi connectivity index (χ1) is 18.1. The molecule has 5 atom stereocenters. The highest BCUT2D eigenvalue weighted by Gasteiger charge is 2.41. The molecule has 0 spiro atoms. The van der Waals surface area contributed by atoms with Crippen molar-refractivity contribution in [2.45, 2.75) is 75.8 Å². The van der Waals surface area contributed by atoms with Gasteiger partial charge in [-0.1, -0.05) is 0 Å². The number of hydrazine groups is 1. The maximum Gasteiger partial charge on any atom is 0.254 e. The molecule has 10 nitrogen and oxygen atoms in total. The van der Waals surface area contributed by atoms with E-state index in [0.29, 0.717) is 11.6 Å². The van der Waals surface area contributed by atoms with Gasteiger partial charge in [-0.2, -0.15) is 5.26 Å². The molecule has 1 amide bonds. The monoisotopic (exact) mass is 497 g/mol. The fourth-order valence-corrected chi connectivity index (χ4v) is 6.04. The summed E-state index contributed by atoms with van der Waals surface area (Å²) in [6.45, 7) is 2.14.